The van der Waals surface area contributed by atoms with Gasteiger partial charge in [0.15, 0.2) is 9.84 Å². The summed E-state index contributed by atoms with van der Waals surface area (Å²) in [5.41, 5.74) is 4.30. The Hall–Kier alpha value is -2.35. The number of aryl methyl sites for hydroxylation is 1. The van der Waals surface area contributed by atoms with E-state index in [1.54, 1.807) is 19.1 Å². The third-order valence-electron chi connectivity index (χ3n) is 6.23. The molecule has 2 aliphatic carbocycles. The number of aliphatic carboxylic acids is 1. The standard InChI is InChI=1S/C24H26ClNO5S/c1-14(27)20-11-18(32(2,30)31)12-21-19-9-7-16(10-22(28)29)23(19)26(24(20)21)13-15-4-3-5-17(25)8-6-15/h3,5-6,8,11-12,14,16,27H,4,7,9-10,13H2,1-2H3,(H,28,29)/t14?,16-/m1/s1. The van der Waals surface area contributed by atoms with E-state index in [1.165, 1.54) is 0 Å². The van der Waals surface area contributed by atoms with E-state index in [-0.39, 0.29) is 17.2 Å². The van der Waals surface area contributed by atoms with Crippen LogP contribution in [0.2, 0.25) is 0 Å². The average Bonchev–Trinajstić information content (AvgIpc) is 3.15. The van der Waals surface area contributed by atoms with E-state index in [9.17, 15) is 23.4 Å². The van der Waals surface area contributed by atoms with Crippen molar-refractivity contribution in [2.45, 2.75) is 56.1 Å². The van der Waals surface area contributed by atoms with Crippen LogP contribution in [0.3, 0.4) is 0 Å². The number of allylic oxidation sites excluding steroid dienone is 6. The van der Waals surface area contributed by atoms with E-state index >= 15 is 0 Å². The Morgan fingerprint density at radius 3 is 2.72 bits per heavy atom. The van der Waals surface area contributed by atoms with Gasteiger partial charge >= 0.3 is 5.97 Å². The molecule has 0 bridgehead atoms. The highest BCUT2D eigenvalue weighted by Gasteiger charge is 2.33. The highest BCUT2D eigenvalue weighted by atomic mass is 35.5. The Labute approximate surface area is 192 Å². The minimum Gasteiger partial charge on any atom is -0.481 e. The summed E-state index contributed by atoms with van der Waals surface area (Å²) >= 11 is 6.13. The van der Waals surface area contributed by atoms with Crippen LogP contribution in [-0.4, -0.2) is 35.4 Å². The molecule has 2 N–H and O–H groups in total. The Kier molecular flexibility index (Phi) is 6.09. The van der Waals surface area contributed by atoms with Crippen LogP contribution in [0.4, 0.5) is 0 Å². The van der Waals surface area contributed by atoms with Crippen molar-refractivity contribution in [2.75, 3.05) is 6.26 Å². The number of hydrogen-bond acceptors (Lipinski definition) is 4. The number of aromatic nitrogens is 1. The topological polar surface area (TPSA) is 96.6 Å². The lowest BCUT2D eigenvalue weighted by Crippen LogP contribution is -2.12. The summed E-state index contributed by atoms with van der Waals surface area (Å²) in [6, 6.07) is 3.21. The monoisotopic (exact) mass is 475 g/mol. The van der Waals surface area contributed by atoms with Crippen LogP contribution in [0.15, 0.2) is 51.9 Å². The molecule has 0 spiro atoms. The van der Waals surface area contributed by atoms with Gasteiger partial charge in [0, 0.05) is 40.4 Å². The van der Waals surface area contributed by atoms with Gasteiger partial charge in [0.05, 0.1) is 22.9 Å². The first-order valence-electron chi connectivity index (χ1n) is 10.6. The maximum Gasteiger partial charge on any atom is 0.304 e. The molecule has 170 valence electrons. The van der Waals surface area contributed by atoms with Gasteiger partial charge < -0.3 is 14.8 Å². The van der Waals surface area contributed by atoms with Crippen molar-refractivity contribution < 1.29 is 23.4 Å². The molecule has 0 saturated heterocycles. The van der Waals surface area contributed by atoms with Gasteiger partial charge in [0.2, 0.25) is 0 Å². The van der Waals surface area contributed by atoms with Crippen molar-refractivity contribution in [2.24, 2.45) is 0 Å². The van der Waals surface area contributed by atoms with Gasteiger partial charge in [-0.05, 0) is 61.6 Å². The minimum absolute atomic E-state index is 0.0109. The number of fused-ring (bicyclic) bond motifs is 3. The molecular formula is C24H26ClNO5S. The number of carboxylic acids is 1. The fourth-order valence-electron chi connectivity index (χ4n) is 4.84. The smallest absolute Gasteiger partial charge is 0.304 e. The summed E-state index contributed by atoms with van der Waals surface area (Å²) < 4.78 is 26.8. The SMILES string of the molecule is CC(O)c1cc(S(C)(=O)=O)cc2c3c(n(CC4=CC=C(Cl)C=CC4)c12)[C@@H](CC(=O)O)CC3. The zero-order valence-electron chi connectivity index (χ0n) is 18.0. The maximum absolute atomic E-state index is 12.4. The quantitative estimate of drug-likeness (QED) is 0.635. The highest BCUT2D eigenvalue weighted by Crippen LogP contribution is 2.45. The number of aliphatic hydroxyl groups is 1. The van der Waals surface area contributed by atoms with Gasteiger partial charge in [-0.1, -0.05) is 23.8 Å². The molecule has 2 aromatic rings. The summed E-state index contributed by atoms with van der Waals surface area (Å²) in [7, 11) is -3.49. The zero-order chi connectivity index (χ0) is 23.2. The summed E-state index contributed by atoms with van der Waals surface area (Å²) in [5.74, 6) is -1.03. The van der Waals surface area contributed by atoms with Crippen LogP contribution in [0.25, 0.3) is 10.9 Å². The molecular weight excluding hydrogens is 450 g/mol. The number of nitrogens with zero attached hydrogens (tertiary/aromatic N) is 1. The van der Waals surface area contributed by atoms with Gasteiger partial charge in [-0.15, -0.1) is 0 Å². The molecule has 6 nitrogen and oxygen atoms in total. The molecule has 0 amide bonds. The number of aliphatic hydroxyl groups excluding tert-OH is 1. The molecule has 8 heteroatoms. The molecule has 1 heterocycles. The van der Waals surface area contributed by atoms with E-state index in [0.717, 1.165) is 34.0 Å². The van der Waals surface area contributed by atoms with E-state index in [0.29, 0.717) is 36.4 Å². The molecule has 2 atom stereocenters. The summed E-state index contributed by atoms with van der Waals surface area (Å²) in [6.07, 6.45) is 9.97. The van der Waals surface area contributed by atoms with E-state index in [1.807, 2.05) is 24.3 Å². The van der Waals surface area contributed by atoms with Crippen LogP contribution in [-0.2, 0) is 27.6 Å². The molecule has 2 aliphatic rings. The Morgan fingerprint density at radius 1 is 1.31 bits per heavy atom. The van der Waals surface area contributed by atoms with E-state index in [2.05, 4.69) is 4.57 Å². The van der Waals surface area contributed by atoms with Crippen molar-refractivity contribution in [3.05, 3.63) is 63.9 Å². The number of halogens is 1. The summed E-state index contributed by atoms with van der Waals surface area (Å²) in [4.78, 5) is 11.7. The van der Waals surface area contributed by atoms with Crippen LogP contribution < -0.4 is 0 Å². The van der Waals surface area contributed by atoms with Crippen molar-refractivity contribution >= 4 is 38.3 Å². The van der Waals surface area contributed by atoms with Crippen LogP contribution in [0.1, 0.15) is 55.0 Å². The van der Waals surface area contributed by atoms with Crippen molar-refractivity contribution in [3.8, 4) is 0 Å². The molecule has 0 fully saturated rings. The Balaban J connectivity index is 2.00. The first kappa shape index (κ1) is 22.8. The molecule has 1 aromatic heterocycles. The van der Waals surface area contributed by atoms with Gasteiger partial charge in [-0.25, -0.2) is 8.42 Å². The molecule has 0 aliphatic heterocycles. The van der Waals surface area contributed by atoms with Gasteiger partial charge in [-0.2, -0.15) is 0 Å². The van der Waals surface area contributed by atoms with Crippen molar-refractivity contribution in [1.82, 2.24) is 4.57 Å². The molecule has 1 unspecified atom stereocenters. The van der Waals surface area contributed by atoms with Gasteiger partial charge in [-0.3, -0.25) is 4.79 Å². The highest BCUT2D eigenvalue weighted by molar-refractivity contribution is 7.90. The largest absolute Gasteiger partial charge is 0.481 e. The fourth-order valence-corrected chi connectivity index (χ4v) is 5.66. The second kappa shape index (κ2) is 8.54. The predicted molar refractivity (Wildman–Crippen MR) is 125 cm³/mol. The Bertz CT molecular complexity index is 1300. The van der Waals surface area contributed by atoms with Gasteiger partial charge in [0.25, 0.3) is 0 Å². The second-order valence-electron chi connectivity index (χ2n) is 8.62. The fraction of sp³-hybridized carbons (Fsp3) is 0.375. The third kappa shape index (κ3) is 4.29. The lowest BCUT2D eigenvalue weighted by molar-refractivity contribution is -0.137. The number of hydrogen-bond donors (Lipinski definition) is 2. The summed E-state index contributed by atoms with van der Waals surface area (Å²) in [6.45, 7) is 2.12. The van der Waals surface area contributed by atoms with Crippen molar-refractivity contribution in [1.29, 1.82) is 0 Å². The summed E-state index contributed by atoms with van der Waals surface area (Å²) in [5, 5.41) is 21.5. The normalized spacial score (nSPS) is 19.4. The second-order valence-corrected chi connectivity index (χ2v) is 11.1. The maximum atomic E-state index is 12.4. The first-order valence-corrected chi connectivity index (χ1v) is 12.8. The molecule has 0 radical (unpaired) electrons. The number of sulfone groups is 1. The van der Waals surface area contributed by atoms with Crippen LogP contribution >= 0.6 is 11.6 Å². The van der Waals surface area contributed by atoms with Crippen LogP contribution in [0, 0.1) is 0 Å². The third-order valence-corrected chi connectivity index (χ3v) is 7.58. The Morgan fingerprint density at radius 2 is 2.06 bits per heavy atom. The number of benzene rings is 1. The van der Waals surface area contributed by atoms with E-state index < -0.39 is 21.9 Å². The van der Waals surface area contributed by atoms with Gasteiger partial charge in [0.1, 0.15) is 0 Å². The molecule has 4 rings (SSSR count). The van der Waals surface area contributed by atoms with E-state index in [4.69, 9.17) is 11.6 Å². The average molecular weight is 476 g/mol. The molecule has 32 heavy (non-hydrogen) atoms. The van der Waals surface area contributed by atoms with Crippen LogP contribution in [0.5, 0.6) is 0 Å². The number of rotatable bonds is 6. The molecule has 0 saturated carbocycles. The molecule has 1 aromatic carbocycles. The zero-order valence-corrected chi connectivity index (χ0v) is 19.6. The first-order chi connectivity index (χ1) is 15.1. The number of carboxylic acid groups (broad SMARTS) is 1. The lowest BCUT2D eigenvalue weighted by atomic mass is 10.0. The lowest BCUT2D eigenvalue weighted by Gasteiger charge is -2.19. The van der Waals surface area contributed by atoms with Crippen molar-refractivity contribution in [3.63, 3.8) is 0 Å². The number of carbonyl (C=O) groups is 1. The minimum atomic E-state index is -3.49. The predicted octanol–water partition coefficient (Wildman–Crippen LogP) is 4.61.